The van der Waals surface area contributed by atoms with Crippen molar-refractivity contribution in [2.45, 2.75) is 12.8 Å². The van der Waals surface area contributed by atoms with Gasteiger partial charge in [0, 0.05) is 6.54 Å². The van der Waals surface area contributed by atoms with Crippen LogP contribution >= 0.6 is 0 Å². The molecule has 2 aromatic carbocycles. The van der Waals surface area contributed by atoms with Gasteiger partial charge in [-0.25, -0.2) is 0 Å². The van der Waals surface area contributed by atoms with Gasteiger partial charge in [0.25, 0.3) is 0 Å². The van der Waals surface area contributed by atoms with Gasteiger partial charge in [0.05, 0.1) is 5.92 Å². The molecule has 21 heavy (non-hydrogen) atoms. The summed E-state index contributed by atoms with van der Waals surface area (Å²) in [5.74, 6) is 0.0196. The van der Waals surface area contributed by atoms with Crippen molar-refractivity contribution >= 4 is 5.91 Å². The molecule has 110 valence electrons. The van der Waals surface area contributed by atoms with E-state index >= 15 is 0 Å². The summed E-state index contributed by atoms with van der Waals surface area (Å²) < 4.78 is 0. The Morgan fingerprint density at radius 3 is 1.90 bits per heavy atom. The first kappa shape index (κ1) is 15.3. The fraction of sp³-hybridized carbons (Fsp3) is 0.278. The molecule has 0 radical (unpaired) electrons. The summed E-state index contributed by atoms with van der Waals surface area (Å²) in [6.45, 7) is 3.20. The van der Waals surface area contributed by atoms with Crippen molar-refractivity contribution < 1.29 is 4.79 Å². The minimum Gasteiger partial charge on any atom is -0.355 e. The molecule has 0 aliphatic heterocycles. The minimum absolute atomic E-state index is 0.0210. The van der Waals surface area contributed by atoms with E-state index in [1.807, 2.05) is 67.6 Å². The lowest BCUT2D eigenvalue weighted by Crippen LogP contribution is -2.35. The van der Waals surface area contributed by atoms with Crippen molar-refractivity contribution in [3.05, 3.63) is 71.8 Å². The molecule has 0 aromatic heterocycles. The third-order valence-corrected chi connectivity index (χ3v) is 3.56. The highest BCUT2D eigenvalue weighted by molar-refractivity contribution is 5.87. The van der Waals surface area contributed by atoms with E-state index in [4.69, 9.17) is 5.73 Å². The van der Waals surface area contributed by atoms with E-state index in [0.717, 1.165) is 11.1 Å². The number of carbonyl (C=O) groups excluding carboxylic acids is 1. The van der Waals surface area contributed by atoms with Crippen LogP contribution in [0.5, 0.6) is 0 Å². The largest absolute Gasteiger partial charge is 0.355 e. The number of nitrogens with two attached hydrogens (primary N) is 1. The number of carbonyl (C=O) groups is 1. The molecule has 0 aliphatic carbocycles. The Balaban J connectivity index is 2.23. The maximum atomic E-state index is 12.6. The monoisotopic (exact) mass is 282 g/mol. The maximum Gasteiger partial charge on any atom is 0.232 e. The van der Waals surface area contributed by atoms with Crippen LogP contribution in [0.15, 0.2) is 60.7 Å². The van der Waals surface area contributed by atoms with Gasteiger partial charge >= 0.3 is 0 Å². The molecule has 0 fully saturated rings. The van der Waals surface area contributed by atoms with Crippen LogP contribution in [-0.2, 0) is 4.79 Å². The van der Waals surface area contributed by atoms with E-state index in [0.29, 0.717) is 13.1 Å². The number of rotatable bonds is 6. The van der Waals surface area contributed by atoms with Crippen LogP contribution in [0.25, 0.3) is 0 Å². The van der Waals surface area contributed by atoms with Crippen molar-refractivity contribution in [2.75, 3.05) is 13.1 Å². The Kier molecular flexibility index (Phi) is 5.52. The quantitative estimate of drug-likeness (QED) is 0.855. The second-order valence-electron chi connectivity index (χ2n) is 5.34. The Morgan fingerprint density at radius 1 is 1.00 bits per heavy atom. The first-order valence-electron chi connectivity index (χ1n) is 7.30. The van der Waals surface area contributed by atoms with Gasteiger partial charge in [-0.15, -0.1) is 0 Å². The van der Waals surface area contributed by atoms with Gasteiger partial charge in [-0.3, -0.25) is 4.79 Å². The molecule has 1 amide bonds. The standard InChI is InChI=1S/C18H22N2O/c1-14(12-19)13-20-18(21)17(15-8-4-2-5-9-15)16-10-6-3-7-11-16/h2-11,14,17H,12-13,19H2,1H3,(H,20,21). The van der Waals surface area contributed by atoms with Crippen LogP contribution < -0.4 is 11.1 Å². The molecule has 0 aliphatic rings. The zero-order valence-electron chi connectivity index (χ0n) is 12.3. The van der Waals surface area contributed by atoms with Gasteiger partial charge in [-0.2, -0.15) is 0 Å². The Morgan fingerprint density at radius 2 is 1.48 bits per heavy atom. The van der Waals surface area contributed by atoms with Crippen LogP contribution in [-0.4, -0.2) is 19.0 Å². The van der Waals surface area contributed by atoms with Crippen molar-refractivity contribution in [3.63, 3.8) is 0 Å². The predicted molar refractivity (Wildman–Crippen MR) is 86.0 cm³/mol. The highest BCUT2D eigenvalue weighted by Gasteiger charge is 2.22. The zero-order chi connectivity index (χ0) is 15.1. The van der Waals surface area contributed by atoms with Gasteiger partial charge in [0.1, 0.15) is 0 Å². The van der Waals surface area contributed by atoms with E-state index in [1.54, 1.807) is 0 Å². The molecule has 2 aromatic rings. The molecular formula is C18H22N2O. The second kappa shape index (κ2) is 7.60. The molecule has 1 atom stereocenters. The first-order chi connectivity index (χ1) is 10.2. The van der Waals surface area contributed by atoms with Crippen LogP contribution in [0.2, 0.25) is 0 Å². The van der Waals surface area contributed by atoms with E-state index in [-0.39, 0.29) is 17.7 Å². The number of hydrogen-bond acceptors (Lipinski definition) is 2. The lowest BCUT2D eigenvalue weighted by atomic mass is 9.90. The summed E-state index contributed by atoms with van der Waals surface area (Å²) >= 11 is 0. The Labute approximate surface area is 126 Å². The maximum absolute atomic E-state index is 12.6. The summed E-state index contributed by atoms with van der Waals surface area (Å²) in [6.07, 6.45) is 0. The lowest BCUT2D eigenvalue weighted by Gasteiger charge is -2.19. The van der Waals surface area contributed by atoms with E-state index in [9.17, 15) is 4.79 Å². The Bertz CT molecular complexity index is 514. The third kappa shape index (κ3) is 4.17. The third-order valence-electron chi connectivity index (χ3n) is 3.56. The molecule has 0 saturated carbocycles. The molecule has 3 heteroatoms. The first-order valence-corrected chi connectivity index (χ1v) is 7.30. The second-order valence-corrected chi connectivity index (χ2v) is 5.34. The predicted octanol–water partition coefficient (Wildman–Crippen LogP) is 2.53. The molecule has 0 bridgehead atoms. The van der Waals surface area contributed by atoms with E-state index in [1.165, 1.54) is 0 Å². The highest BCUT2D eigenvalue weighted by atomic mass is 16.1. The molecule has 2 rings (SSSR count). The number of amides is 1. The molecule has 3 nitrogen and oxygen atoms in total. The summed E-state index contributed by atoms with van der Waals surface area (Å²) in [5, 5.41) is 3.01. The molecule has 0 spiro atoms. The SMILES string of the molecule is CC(CN)CNC(=O)C(c1ccccc1)c1ccccc1. The van der Waals surface area contributed by atoms with Crippen molar-refractivity contribution in [1.82, 2.24) is 5.32 Å². The van der Waals surface area contributed by atoms with Crippen LogP contribution in [0.4, 0.5) is 0 Å². The minimum atomic E-state index is -0.280. The van der Waals surface area contributed by atoms with Gasteiger partial charge in [0.2, 0.25) is 5.91 Å². The van der Waals surface area contributed by atoms with Gasteiger partial charge in [-0.1, -0.05) is 67.6 Å². The topological polar surface area (TPSA) is 55.1 Å². The van der Waals surface area contributed by atoms with Crippen molar-refractivity contribution in [3.8, 4) is 0 Å². The fourth-order valence-electron chi connectivity index (χ4n) is 2.25. The van der Waals surface area contributed by atoms with Crippen LogP contribution in [0.1, 0.15) is 24.0 Å². The molecule has 0 saturated heterocycles. The summed E-state index contributed by atoms with van der Waals surface area (Å²) in [5.41, 5.74) is 7.61. The summed E-state index contributed by atoms with van der Waals surface area (Å²) in [6, 6.07) is 19.7. The average molecular weight is 282 g/mol. The summed E-state index contributed by atoms with van der Waals surface area (Å²) in [7, 11) is 0. The smallest absolute Gasteiger partial charge is 0.232 e. The van der Waals surface area contributed by atoms with Gasteiger partial charge < -0.3 is 11.1 Å². The van der Waals surface area contributed by atoms with Crippen LogP contribution in [0.3, 0.4) is 0 Å². The van der Waals surface area contributed by atoms with E-state index in [2.05, 4.69) is 5.32 Å². The highest BCUT2D eigenvalue weighted by Crippen LogP contribution is 2.24. The average Bonchev–Trinajstić information content (AvgIpc) is 2.55. The van der Waals surface area contributed by atoms with Gasteiger partial charge in [0.15, 0.2) is 0 Å². The van der Waals surface area contributed by atoms with E-state index < -0.39 is 0 Å². The molecule has 0 heterocycles. The summed E-state index contributed by atoms with van der Waals surface area (Å²) in [4.78, 5) is 12.6. The lowest BCUT2D eigenvalue weighted by molar-refractivity contribution is -0.121. The van der Waals surface area contributed by atoms with Crippen molar-refractivity contribution in [2.24, 2.45) is 11.7 Å². The number of nitrogens with one attached hydrogen (secondary N) is 1. The zero-order valence-corrected chi connectivity index (χ0v) is 12.3. The molecular weight excluding hydrogens is 260 g/mol. The molecule has 1 unspecified atom stereocenters. The van der Waals surface area contributed by atoms with Crippen molar-refractivity contribution in [1.29, 1.82) is 0 Å². The molecule has 3 N–H and O–H groups in total. The van der Waals surface area contributed by atoms with Crippen LogP contribution in [0, 0.1) is 5.92 Å². The Hall–Kier alpha value is -2.13. The van der Waals surface area contributed by atoms with Gasteiger partial charge in [-0.05, 0) is 23.6 Å². The normalized spacial score (nSPS) is 12.1. The number of benzene rings is 2. The number of hydrogen-bond donors (Lipinski definition) is 2. The fourth-order valence-corrected chi connectivity index (χ4v) is 2.25.